The standard InChI is InChI=1S/C24H19ClN2O4/c1-30-19-12-10-18(11-13-19)26-14-22-20-4-2-3-5-21(20)23(28)27(24(22)29)31-15-16-6-8-17(25)9-7-16/h2-14,29H,15H2,1H3. The van der Waals surface area contributed by atoms with Gasteiger partial charge in [-0.05, 0) is 48.0 Å². The molecule has 156 valence electrons. The molecular weight excluding hydrogens is 416 g/mol. The summed E-state index contributed by atoms with van der Waals surface area (Å²) < 4.78 is 6.05. The molecule has 0 saturated carbocycles. The van der Waals surface area contributed by atoms with Crippen LogP contribution in [0.1, 0.15) is 11.1 Å². The van der Waals surface area contributed by atoms with E-state index in [9.17, 15) is 9.90 Å². The zero-order valence-corrected chi connectivity index (χ0v) is 17.4. The van der Waals surface area contributed by atoms with E-state index >= 15 is 0 Å². The second-order valence-electron chi connectivity index (χ2n) is 6.74. The Hall–Kier alpha value is -3.77. The highest BCUT2D eigenvalue weighted by atomic mass is 35.5. The van der Waals surface area contributed by atoms with Crippen LogP contribution in [0, 0.1) is 0 Å². The summed E-state index contributed by atoms with van der Waals surface area (Å²) in [6, 6.07) is 21.2. The Morgan fingerprint density at radius 1 is 1.00 bits per heavy atom. The summed E-state index contributed by atoms with van der Waals surface area (Å²) in [5, 5.41) is 12.4. The van der Waals surface area contributed by atoms with E-state index in [-0.39, 0.29) is 12.5 Å². The maximum Gasteiger partial charge on any atom is 0.294 e. The van der Waals surface area contributed by atoms with Crippen molar-refractivity contribution in [1.29, 1.82) is 0 Å². The highest BCUT2D eigenvalue weighted by Crippen LogP contribution is 2.24. The van der Waals surface area contributed by atoms with E-state index < -0.39 is 5.56 Å². The highest BCUT2D eigenvalue weighted by Gasteiger charge is 2.16. The second kappa shape index (κ2) is 8.93. The van der Waals surface area contributed by atoms with Gasteiger partial charge in [0.1, 0.15) is 12.4 Å². The summed E-state index contributed by atoms with van der Waals surface area (Å²) in [7, 11) is 1.59. The van der Waals surface area contributed by atoms with Gasteiger partial charge < -0.3 is 14.7 Å². The average molecular weight is 435 g/mol. The Bertz CT molecular complexity index is 1300. The van der Waals surface area contributed by atoms with E-state index in [1.807, 2.05) is 0 Å². The summed E-state index contributed by atoms with van der Waals surface area (Å²) in [5.41, 5.74) is 1.40. The number of methoxy groups -OCH3 is 1. The second-order valence-corrected chi connectivity index (χ2v) is 7.17. The number of hydrogen-bond acceptors (Lipinski definition) is 5. The number of rotatable bonds is 6. The van der Waals surface area contributed by atoms with Gasteiger partial charge in [0.15, 0.2) is 0 Å². The maximum absolute atomic E-state index is 12.9. The first-order valence-corrected chi connectivity index (χ1v) is 9.87. The lowest BCUT2D eigenvalue weighted by Gasteiger charge is -2.14. The Morgan fingerprint density at radius 2 is 1.68 bits per heavy atom. The summed E-state index contributed by atoms with van der Waals surface area (Å²) >= 11 is 5.91. The number of halogens is 1. The molecule has 31 heavy (non-hydrogen) atoms. The van der Waals surface area contributed by atoms with Crippen molar-refractivity contribution in [1.82, 2.24) is 4.73 Å². The maximum atomic E-state index is 12.9. The number of aromatic hydroxyl groups is 1. The quantitative estimate of drug-likeness (QED) is 0.444. The van der Waals surface area contributed by atoms with Gasteiger partial charge in [-0.25, -0.2) is 0 Å². The van der Waals surface area contributed by atoms with Crippen molar-refractivity contribution < 1.29 is 14.7 Å². The van der Waals surface area contributed by atoms with Crippen molar-refractivity contribution in [2.75, 3.05) is 7.11 Å². The third-order valence-electron chi connectivity index (χ3n) is 4.75. The molecule has 6 nitrogen and oxygen atoms in total. The summed E-state index contributed by atoms with van der Waals surface area (Å²) in [6.45, 7) is 0.0814. The highest BCUT2D eigenvalue weighted by molar-refractivity contribution is 6.30. The van der Waals surface area contributed by atoms with Gasteiger partial charge in [0.05, 0.1) is 23.7 Å². The van der Waals surface area contributed by atoms with E-state index in [1.165, 1.54) is 6.21 Å². The Morgan fingerprint density at radius 3 is 2.35 bits per heavy atom. The third kappa shape index (κ3) is 4.39. The lowest BCUT2D eigenvalue weighted by Crippen LogP contribution is -2.27. The Kier molecular flexibility index (Phi) is 5.91. The van der Waals surface area contributed by atoms with E-state index in [0.717, 1.165) is 16.0 Å². The molecule has 0 radical (unpaired) electrons. The van der Waals surface area contributed by atoms with Crippen LogP contribution < -0.4 is 15.1 Å². The molecule has 1 heterocycles. The van der Waals surface area contributed by atoms with Gasteiger partial charge in [0.25, 0.3) is 5.56 Å². The monoisotopic (exact) mass is 434 g/mol. The molecular formula is C24H19ClN2O4. The normalized spacial score (nSPS) is 11.2. The Labute approximate surface area is 183 Å². The molecule has 7 heteroatoms. The zero-order valence-electron chi connectivity index (χ0n) is 16.7. The largest absolute Gasteiger partial charge is 0.497 e. The van der Waals surface area contributed by atoms with Crippen molar-refractivity contribution in [3.8, 4) is 11.6 Å². The number of fused-ring (bicyclic) bond motifs is 1. The minimum absolute atomic E-state index is 0.0814. The molecule has 3 aromatic carbocycles. The van der Waals surface area contributed by atoms with E-state index in [0.29, 0.717) is 27.0 Å². The molecule has 0 bridgehead atoms. The smallest absolute Gasteiger partial charge is 0.294 e. The number of aliphatic imine (C=N–C) groups is 1. The van der Waals surface area contributed by atoms with E-state index in [4.69, 9.17) is 21.2 Å². The first-order valence-electron chi connectivity index (χ1n) is 9.49. The van der Waals surface area contributed by atoms with Crippen LogP contribution in [0.15, 0.2) is 82.6 Å². The van der Waals surface area contributed by atoms with Crippen LogP contribution in [0.25, 0.3) is 10.8 Å². The predicted octanol–water partition coefficient (Wildman–Crippen LogP) is 4.75. The summed E-state index contributed by atoms with van der Waals surface area (Å²) in [4.78, 5) is 23.0. The molecule has 0 atom stereocenters. The lowest BCUT2D eigenvalue weighted by atomic mass is 10.1. The van der Waals surface area contributed by atoms with Crippen LogP contribution >= 0.6 is 11.6 Å². The summed E-state index contributed by atoms with van der Waals surface area (Å²) in [6.07, 6.45) is 1.51. The molecule has 4 aromatic rings. The number of hydrogen-bond donors (Lipinski definition) is 1. The predicted molar refractivity (Wildman–Crippen MR) is 122 cm³/mol. The number of nitrogens with zero attached hydrogens (tertiary/aromatic N) is 2. The molecule has 0 aliphatic carbocycles. The van der Waals surface area contributed by atoms with Gasteiger partial charge in [0.2, 0.25) is 5.88 Å². The molecule has 0 spiro atoms. The van der Waals surface area contributed by atoms with Crippen molar-refractivity contribution in [3.05, 3.63) is 99.3 Å². The van der Waals surface area contributed by atoms with Gasteiger partial charge >= 0.3 is 0 Å². The first kappa shape index (κ1) is 20.5. The van der Waals surface area contributed by atoms with Crippen LogP contribution in [0.5, 0.6) is 11.6 Å². The molecule has 0 saturated heterocycles. The number of pyridine rings is 1. The van der Waals surface area contributed by atoms with E-state index in [2.05, 4.69) is 4.99 Å². The van der Waals surface area contributed by atoms with Crippen molar-refractivity contribution in [2.24, 2.45) is 4.99 Å². The number of aromatic nitrogens is 1. The lowest BCUT2D eigenvalue weighted by molar-refractivity contribution is 0.0721. The average Bonchev–Trinajstić information content (AvgIpc) is 2.80. The van der Waals surface area contributed by atoms with Gasteiger partial charge in [-0.15, -0.1) is 4.73 Å². The van der Waals surface area contributed by atoms with Crippen LogP contribution in [0.3, 0.4) is 0 Å². The van der Waals surface area contributed by atoms with Crippen LogP contribution in [-0.4, -0.2) is 23.2 Å². The van der Waals surface area contributed by atoms with E-state index in [1.54, 1.807) is 79.9 Å². The van der Waals surface area contributed by atoms with Gasteiger partial charge in [-0.1, -0.05) is 41.9 Å². The first-order chi connectivity index (χ1) is 15.1. The molecule has 0 amide bonds. The van der Waals surface area contributed by atoms with Crippen molar-refractivity contribution >= 4 is 34.3 Å². The fourth-order valence-electron chi connectivity index (χ4n) is 3.11. The van der Waals surface area contributed by atoms with Crippen LogP contribution in [0.2, 0.25) is 5.02 Å². The molecule has 1 N–H and O–H groups in total. The fourth-order valence-corrected chi connectivity index (χ4v) is 3.24. The molecule has 1 aromatic heterocycles. The SMILES string of the molecule is COc1ccc(N=Cc2c(O)n(OCc3ccc(Cl)cc3)c(=O)c3ccccc23)cc1. The molecule has 0 aliphatic heterocycles. The number of benzene rings is 3. The summed E-state index contributed by atoms with van der Waals surface area (Å²) in [5.74, 6) is 0.395. The third-order valence-corrected chi connectivity index (χ3v) is 5.01. The molecule has 0 unspecified atom stereocenters. The number of ether oxygens (including phenoxy) is 1. The zero-order chi connectivity index (χ0) is 21.8. The van der Waals surface area contributed by atoms with Crippen molar-refractivity contribution in [3.63, 3.8) is 0 Å². The van der Waals surface area contributed by atoms with Gasteiger partial charge in [-0.3, -0.25) is 9.79 Å². The molecule has 0 fully saturated rings. The minimum atomic E-state index is -0.455. The molecule has 0 aliphatic rings. The minimum Gasteiger partial charge on any atom is -0.497 e. The van der Waals surface area contributed by atoms with Crippen molar-refractivity contribution in [2.45, 2.75) is 6.61 Å². The Balaban J connectivity index is 1.73. The van der Waals surface area contributed by atoms with Crippen LogP contribution in [-0.2, 0) is 6.61 Å². The molecule has 4 rings (SSSR count). The van der Waals surface area contributed by atoms with Crippen LogP contribution in [0.4, 0.5) is 5.69 Å². The topological polar surface area (TPSA) is 73.1 Å². The van der Waals surface area contributed by atoms with Gasteiger partial charge in [-0.2, -0.15) is 0 Å². The fraction of sp³-hybridized carbons (Fsp3) is 0.0833. The van der Waals surface area contributed by atoms with Gasteiger partial charge in [0, 0.05) is 16.6 Å².